The van der Waals surface area contributed by atoms with Gasteiger partial charge in [0.25, 0.3) is 0 Å². The molecule has 0 bridgehead atoms. The molecule has 0 aliphatic rings. The highest BCUT2D eigenvalue weighted by molar-refractivity contribution is 7.98. The molecule has 0 aliphatic heterocycles. The van der Waals surface area contributed by atoms with E-state index < -0.39 is 5.97 Å². The second-order valence-corrected chi connectivity index (χ2v) is 7.19. The molecule has 0 atom stereocenters. The van der Waals surface area contributed by atoms with E-state index in [0.717, 1.165) is 17.7 Å². The molecule has 5 heteroatoms. The van der Waals surface area contributed by atoms with E-state index in [-0.39, 0.29) is 5.97 Å². The quantitative estimate of drug-likeness (QED) is 0.275. The van der Waals surface area contributed by atoms with Gasteiger partial charge in [0, 0.05) is 4.90 Å². The summed E-state index contributed by atoms with van der Waals surface area (Å²) in [5.41, 5.74) is 0.811. The van der Waals surface area contributed by atoms with Crippen LogP contribution in [0.3, 0.4) is 0 Å². The average Bonchev–Trinajstić information content (AvgIpc) is 2.65. The van der Waals surface area contributed by atoms with Crippen LogP contribution in [0.1, 0.15) is 47.4 Å². The highest BCUT2D eigenvalue weighted by atomic mass is 32.2. The Morgan fingerprint density at radius 2 is 1.50 bits per heavy atom. The Morgan fingerprint density at radius 3 is 2.04 bits per heavy atom. The molecule has 4 nitrogen and oxygen atoms in total. The molecule has 2 rings (SSSR count). The summed E-state index contributed by atoms with van der Waals surface area (Å²) in [5.74, 6) is 0.248. The number of benzene rings is 2. The van der Waals surface area contributed by atoms with Gasteiger partial charge in [-0.3, -0.25) is 0 Å². The maximum atomic E-state index is 12.2. The average molecular weight is 372 g/mol. The predicted molar refractivity (Wildman–Crippen MR) is 104 cm³/mol. The molecule has 0 saturated carbocycles. The third-order valence-corrected chi connectivity index (χ3v) is 4.53. The van der Waals surface area contributed by atoms with Crippen LogP contribution in [-0.2, 0) is 4.74 Å². The SMILES string of the molecule is CSc1ccc(OC(=O)c2ccc(C(=O)OCCCC(C)C)cc2)cc1. The van der Waals surface area contributed by atoms with Crippen molar-refractivity contribution in [3.05, 3.63) is 59.7 Å². The summed E-state index contributed by atoms with van der Waals surface area (Å²) in [6.45, 7) is 4.68. The van der Waals surface area contributed by atoms with Crippen molar-refractivity contribution in [2.75, 3.05) is 12.9 Å². The van der Waals surface area contributed by atoms with E-state index in [2.05, 4.69) is 13.8 Å². The van der Waals surface area contributed by atoms with Crippen molar-refractivity contribution < 1.29 is 19.1 Å². The summed E-state index contributed by atoms with van der Waals surface area (Å²) in [6.07, 6.45) is 3.86. The van der Waals surface area contributed by atoms with Crippen LogP contribution in [0.25, 0.3) is 0 Å². The molecule has 0 fully saturated rings. The van der Waals surface area contributed by atoms with Crippen LogP contribution in [0, 0.1) is 5.92 Å². The minimum absolute atomic E-state index is 0.374. The van der Waals surface area contributed by atoms with Gasteiger partial charge in [-0.25, -0.2) is 9.59 Å². The number of esters is 2. The number of thioether (sulfide) groups is 1. The minimum atomic E-state index is -0.459. The van der Waals surface area contributed by atoms with Gasteiger partial charge in [0.05, 0.1) is 17.7 Å². The number of carbonyl (C=O) groups excluding carboxylic acids is 2. The fourth-order valence-corrected chi connectivity index (χ4v) is 2.70. The smallest absolute Gasteiger partial charge is 0.343 e. The summed E-state index contributed by atoms with van der Waals surface area (Å²) >= 11 is 1.62. The van der Waals surface area contributed by atoms with Crippen molar-refractivity contribution >= 4 is 23.7 Å². The Labute approximate surface area is 158 Å². The topological polar surface area (TPSA) is 52.6 Å². The van der Waals surface area contributed by atoms with E-state index in [4.69, 9.17) is 9.47 Å². The Hall–Kier alpha value is -2.27. The van der Waals surface area contributed by atoms with E-state index in [1.54, 1.807) is 48.2 Å². The zero-order valence-electron chi connectivity index (χ0n) is 15.4. The normalized spacial score (nSPS) is 10.6. The van der Waals surface area contributed by atoms with Gasteiger partial charge in [-0.1, -0.05) is 13.8 Å². The molecule has 138 valence electrons. The first-order valence-electron chi connectivity index (χ1n) is 8.63. The fourth-order valence-electron chi connectivity index (χ4n) is 2.29. The molecule has 0 unspecified atom stereocenters. The second kappa shape index (κ2) is 10.0. The molecule has 0 radical (unpaired) electrons. The minimum Gasteiger partial charge on any atom is -0.462 e. The van der Waals surface area contributed by atoms with Gasteiger partial charge in [0.1, 0.15) is 5.75 Å². The number of hydrogen-bond acceptors (Lipinski definition) is 5. The van der Waals surface area contributed by atoms with Crippen LogP contribution in [-0.4, -0.2) is 24.8 Å². The van der Waals surface area contributed by atoms with Gasteiger partial charge >= 0.3 is 11.9 Å². The number of ether oxygens (including phenoxy) is 2. The first-order chi connectivity index (χ1) is 12.5. The highest BCUT2D eigenvalue weighted by Crippen LogP contribution is 2.20. The Bertz CT molecular complexity index is 721. The van der Waals surface area contributed by atoms with Crippen molar-refractivity contribution in [2.24, 2.45) is 5.92 Å². The first kappa shape index (κ1) is 20.0. The highest BCUT2D eigenvalue weighted by Gasteiger charge is 2.12. The van der Waals surface area contributed by atoms with Gasteiger partial charge in [-0.2, -0.15) is 0 Å². The maximum Gasteiger partial charge on any atom is 0.343 e. The molecule has 0 aliphatic carbocycles. The Morgan fingerprint density at radius 1 is 0.923 bits per heavy atom. The zero-order valence-corrected chi connectivity index (χ0v) is 16.2. The monoisotopic (exact) mass is 372 g/mol. The third kappa shape index (κ3) is 6.23. The number of carbonyl (C=O) groups is 2. The number of hydrogen-bond donors (Lipinski definition) is 0. The van der Waals surface area contributed by atoms with Crippen LogP contribution in [0.15, 0.2) is 53.4 Å². The molecule has 0 heterocycles. The van der Waals surface area contributed by atoms with Crippen molar-refractivity contribution in [1.29, 1.82) is 0 Å². The maximum absolute atomic E-state index is 12.2. The van der Waals surface area contributed by atoms with Crippen molar-refractivity contribution in [2.45, 2.75) is 31.6 Å². The van der Waals surface area contributed by atoms with Gasteiger partial charge in [-0.05, 0) is 73.5 Å². The molecule has 0 aromatic heterocycles. The van der Waals surface area contributed by atoms with E-state index in [9.17, 15) is 9.59 Å². The molecule has 0 amide bonds. The largest absolute Gasteiger partial charge is 0.462 e. The zero-order chi connectivity index (χ0) is 18.9. The lowest BCUT2D eigenvalue weighted by atomic mass is 10.1. The van der Waals surface area contributed by atoms with Crippen LogP contribution in [0.2, 0.25) is 0 Å². The predicted octanol–water partition coefficient (Wildman–Crippen LogP) is 5.22. The lowest BCUT2D eigenvalue weighted by Crippen LogP contribution is -2.10. The summed E-state index contributed by atoms with van der Waals surface area (Å²) in [6, 6.07) is 13.6. The summed E-state index contributed by atoms with van der Waals surface area (Å²) < 4.78 is 10.6. The Kier molecular flexibility index (Phi) is 7.73. The van der Waals surface area contributed by atoms with Gasteiger partial charge in [-0.15, -0.1) is 11.8 Å². The molecular formula is C21H24O4S. The molecule has 0 saturated heterocycles. The molecule has 26 heavy (non-hydrogen) atoms. The van der Waals surface area contributed by atoms with E-state index in [1.165, 1.54) is 0 Å². The molecule has 0 N–H and O–H groups in total. The summed E-state index contributed by atoms with van der Waals surface area (Å²) in [4.78, 5) is 25.3. The standard InChI is InChI=1S/C21H24O4S/c1-15(2)5-4-14-24-20(22)16-6-8-17(9-7-16)21(23)25-18-10-12-19(26-3)13-11-18/h6-13,15H,4-5,14H2,1-3H3. The van der Waals surface area contributed by atoms with Gasteiger partial charge in [0.15, 0.2) is 0 Å². The van der Waals surface area contributed by atoms with Gasteiger partial charge < -0.3 is 9.47 Å². The van der Waals surface area contributed by atoms with Crippen LogP contribution in [0.4, 0.5) is 0 Å². The van der Waals surface area contributed by atoms with E-state index >= 15 is 0 Å². The van der Waals surface area contributed by atoms with Crippen LogP contribution in [0.5, 0.6) is 5.75 Å². The van der Waals surface area contributed by atoms with Crippen molar-refractivity contribution in [1.82, 2.24) is 0 Å². The van der Waals surface area contributed by atoms with Crippen LogP contribution >= 0.6 is 11.8 Å². The third-order valence-electron chi connectivity index (χ3n) is 3.79. The number of rotatable bonds is 8. The van der Waals surface area contributed by atoms with Gasteiger partial charge in [0.2, 0.25) is 0 Å². The lowest BCUT2D eigenvalue weighted by molar-refractivity contribution is 0.0494. The van der Waals surface area contributed by atoms with Crippen LogP contribution < -0.4 is 4.74 Å². The lowest BCUT2D eigenvalue weighted by Gasteiger charge is -2.08. The molecule has 2 aromatic carbocycles. The van der Waals surface area contributed by atoms with E-state index in [0.29, 0.717) is 29.4 Å². The van der Waals surface area contributed by atoms with Crippen molar-refractivity contribution in [3.63, 3.8) is 0 Å². The first-order valence-corrected chi connectivity index (χ1v) is 9.85. The second-order valence-electron chi connectivity index (χ2n) is 6.31. The fraction of sp³-hybridized carbons (Fsp3) is 0.333. The molecule has 2 aromatic rings. The summed E-state index contributed by atoms with van der Waals surface area (Å²) in [5, 5.41) is 0. The van der Waals surface area contributed by atoms with E-state index in [1.807, 2.05) is 18.4 Å². The molecular weight excluding hydrogens is 348 g/mol. The van der Waals surface area contributed by atoms with Crippen molar-refractivity contribution in [3.8, 4) is 5.75 Å². The Balaban J connectivity index is 1.88. The summed E-state index contributed by atoms with van der Waals surface area (Å²) in [7, 11) is 0. The molecule has 0 spiro atoms.